The van der Waals surface area contributed by atoms with E-state index in [1.807, 2.05) is 18.5 Å². The van der Waals surface area contributed by atoms with Crippen LogP contribution in [0.3, 0.4) is 0 Å². The van der Waals surface area contributed by atoms with E-state index in [-0.39, 0.29) is 11.9 Å². The maximum atomic E-state index is 12.2. The van der Waals surface area contributed by atoms with Crippen molar-refractivity contribution in [1.29, 1.82) is 0 Å². The van der Waals surface area contributed by atoms with Gasteiger partial charge in [-0.1, -0.05) is 0 Å². The van der Waals surface area contributed by atoms with Crippen molar-refractivity contribution in [3.8, 4) is 0 Å². The van der Waals surface area contributed by atoms with Gasteiger partial charge in [-0.05, 0) is 30.7 Å². The van der Waals surface area contributed by atoms with Gasteiger partial charge in [0.1, 0.15) is 16.7 Å². The van der Waals surface area contributed by atoms with Crippen LogP contribution in [0, 0.1) is 0 Å². The first-order chi connectivity index (χ1) is 10.2. The Balaban J connectivity index is 2.08. The molecule has 112 valence electrons. The summed E-state index contributed by atoms with van der Waals surface area (Å²) in [5, 5.41) is 8.81. The topological polar surface area (TPSA) is 70.2 Å². The summed E-state index contributed by atoms with van der Waals surface area (Å²) in [5.41, 5.74) is 0. The number of likely N-dealkylation sites (N-methyl/N-ethyl adjacent to an activating group) is 1. The van der Waals surface area contributed by atoms with Gasteiger partial charge in [-0.2, -0.15) is 4.98 Å². The molecule has 0 bridgehead atoms. The highest BCUT2D eigenvalue weighted by atomic mass is 32.1. The second-order valence-corrected chi connectivity index (χ2v) is 5.97. The standard InChI is InChI=1S/C14H19N5OS/c1-15-12(20)10-5-3-4-7-19(10)11-9-6-8-21-13(9)18-14(16-2)17-11/h6,8,10H,3-5,7H2,1-2H3,(H,15,20)(H,16,17,18). The molecule has 0 spiro atoms. The van der Waals surface area contributed by atoms with Crippen molar-refractivity contribution in [3.05, 3.63) is 11.4 Å². The molecule has 1 aliphatic heterocycles. The molecule has 1 aliphatic rings. The van der Waals surface area contributed by atoms with Gasteiger partial charge in [0.05, 0.1) is 5.39 Å². The van der Waals surface area contributed by atoms with E-state index < -0.39 is 0 Å². The molecule has 6 nitrogen and oxygen atoms in total. The summed E-state index contributed by atoms with van der Waals surface area (Å²) in [5.74, 6) is 1.52. The van der Waals surface area contributed by atoms with E-state index in [1.54, 1.807) is 18.4 Å². The Morgan fingerprint density at radius 2 is 2.24 bits per heavy atom. The molecule has 7 heteroatoms. The largest absolute Gasteiger partial charge is 0.357 e. The second kappa shape index (κ2) is 5.85. The molecule has 0 aromatic carbocycles. The van der Waals surface area contributed by atoms with Crippen LogP contribution in [-0.4, -0.2) is 42.6 Å². The molecular formula is C14H19N5OS. The van der Waals surface area contributed by atoms with E-state index in [1.165, 1.54) is 0 Å². The molecule has 0 radical (unpaired) electrons. The van der Waals surface area contributed by atoms with E-state index in [2.05, 4.69) is 25.5 Å². The summed E-state index contributed by atoms with van der Waals surface area (Å²) in [4.78, 5) is 24.3. The van der Waals surface area contributed by atoms with Gasteiger partial charge >= 0.3 is 0 Å². The predicted molar refractivity (Wildman–Crippen MR) is 86.0 cm³/mol. The number of nitrogens with one attached hydrogen (secondary N) is 2. The third kappa shape index (κ3) is 2.53. The first-order valence-electron chi connectivity index (χ1n) is 7.16. The van der Waals surface area contributed by atoms with Crippen molar-refractivity contribution in [2.24, 2.45) is 0 Å². The number of amides is 1. The number of aromatic nitrogens is 2. The highest BCUT2D eigenvalue weighted by molar-refractivity contribution is 7.16. The summed E-state index contributed by atoms with van der Waals surface area (Å²) < 4.78 is 0. The van der Waals surface area contributed by atoms with Crippen LogP contribution in [0.1, 0.15) is 19.3 Å². The number of carbonyl (C=O) groups is 1. The molecule has 1 amide bonds. The molecule has 1 saturated heterocycles. The third-order valence-electron chi connectivity index (χ3n) is 3.85. The van der Waals surface area contributed by atoms with Crippen molar-refractivity contribution in [3.63, 3.8) is 0 Å². The van der Waals surface area contributed by atoms with Crippen molar-refractivity contribution < 1.29 is 4.79 Å². The molecule has 2 aromatic rings. The number of hydrogen-bond acceptors (Lipinski definition) is 6. The predicted octanol–water partition coefficient (Wildman–Crippen LogP) is 1.84. The molecular weight excluding hydrogens is 286 g/mol. The number of hydrogen-bond donors (Lipinski definition) is 2. The molecule has 1 fully saturated rings. The fourth-order valence-corrected chi connectivity index (χ4v) is 3.55. The molecule has 1 atom stereocenters. The molecule has 3 heterocycles. The summed E-state index contributed by atoms with van der Waals surface area (Å²) in [6, 6.07) is 1.89. The highest BCUT2D eigenvalue weighted by Gasteiger charge is 2.30. The van der Waals surface area contributed by atoms with Gasteiger partial charge in [0.25, 0.3) is 0 Å². The van der Waals surface area contributed by atoms with Gasteiger partial charge in [-0.25, -0.2) is 4.98 Å². The zero-order chi connectivity index (χ0) is 14.8. The SMILES string of the molecule is CNC(=O)C1CCCCN1c1nc(NC)nc2sccc12. The molecule has 0 aliphatic carbocycles. The first-order valence-corrected chi connectivity index (χ1v) is 8.03. The molecule has 2 aromatic heterocycles. The lowest BCUT2D eigenvalue weighted by Gasteiger charge is -2.35. The van der Waals surface area contributed by atoms with E-state index in [0.29, 0.717) is 5.95 Å². The Morgan fingerprint density at radius 1 is 1.38 bits per heavy atom. The van der Waals surface area contributed by atoms with Crippen LogP contribution in [0.25, 0.3) is 10.2 Å². The maximum Gasteiger partial charge on any atom is 0.242 e. The molecule has 2 N–H and O–H groups in total. The molecule has 0 saturated carbocycles. The number of fused-ring (bicyclic) bond motifs is 1. The first kappa shape index (κ1) is 14.1. The quantitative estimate of drug-likeness (QED) is 0.905. The van der Waals surface area contributed by atoms with Crippen molar-refractivity contribution in [2.75, 3.05) is 30.9 Å². The normalized spacial score (nSPS) is 18.8. The fraction of sp³-hybridized carbons (Fsp3) is 0.500. The monoisotopic (exact) mass is 305 g/mol. The Labute approximate surface area is 127 Å². The van der Waals surface area contributed by atoms with Gasteiger partial charge in [0.2, 0.25) is 11.9 Å². The minimum atomic E-state index is -0.147. The van der Waals surface area contributed by atoms with Crippen LogP contribution in [0.5, 0.6) is 0 Å². The molecule has 21 heavy (non-hydrogen) atoms. The second-order valence-electron chi connectivity index (χ2n) is 5.08. The van der Waals surface area contributed by atoms with E-state index in [0.717, 1.165) is 41.8 Å². The van der Waals surface area contributed by atoms with Crippen LogP contribution in [-0.2, 0) is 4.79 Å². The lowest BCUT2D eigenvalue weighted by atomic mass is 10.0. The fourth-order valence-electron chi connectivity index (χ4n) is 2.79. The van der Waals surface area contributed by atoms with Crippen LogP contribution in [0.4, 0.5) is 11.8 Å². The van der Waals surface area contributed by atoms with Crippen LogP contribution in [0.2, 0.25) is 0 Å². The molecule has 3 rings (SSSR count). The zero-order valence-electron chi connectivity index (χ0n) is 12.2. The van der Waals surface area contributed by atoms with Crippen LogP contribution in [0.15, 0.2) is 11.4 Å². The van der Waals surface area contributed by atoms with E-state index >= 15 is 0 Å². The lowest BCUT2D eigenvalue weighted by Crippen LogP contribution is -2.49. The number of rotatable bonds is 3. The zero-order valence-corrected chi connectivity index (χ0v) is 13.0. The van der Waals surface area contributed by atoms with E-state index in [9.17, 15) is 4.79 Å². The Bertz CT molecular complexity index is 656. The van der Waals surface area contributed by atoms with Gasteiger partial charge in [-0.15, -0.1) is 11.3 Å². The van der Waals surface area contributed by atoms with Gasteiger partial charge in [0.15, 0.2) is 0 Å². The van der Waals surface area contributed by atoms with Crippen molar-refractivity contribution in [2.45, 2.75) is 25.3 Å². The van der Waals surface area contributed by atoms with Crippen molar-refractivity contribution >= 4 is 39.2 Å². The maximum absolute atomic E-state index is 12.2. The van der Waals surface area contributed by atoms with Gasteiger partial charge in [-0.3, -0.25) is 4.79 Å². The minimum absolute atomic E-state index is 0.0581. The Morgan fingerprint density at radius 3 is 3.00 bits per heavy atom. The number of carbonyl (C=O) groups excluding carboxylic acids is 1. The number of piperidine rings is 1. The minimum Gasteiger partial charge on any atom is -0.357 e. The Hall–Kier alpha value is -1.89. The van der Waals surface area contributed by atoms with Crippen LogP contribution >= 0.6 is 11.3 Å². The summed E-state index contributed by atoms with van der Waals surface area (Å²) in [7, 11) is 3.50. The number of nitrogens with zero attached hydrogens (tertiary/aromatic N) is 3. The van der Waals surface area contributed by atoms with Gasteiger partial charge < -0.3 is 15.5 Å². The summed E-state index contributed by atoms with van der Waals surface area (Å²) in [6.07, 6.45) is 3.02. The summed E-state index contributed by atoms with van der Waals surface area (Å²) >= 11 is 1.59. The molecule has 1 unspecified atom stereocenters. The number of anilines is 2. The number of thiophene rings is 1. The Kier molecular flexibility index (Phi) is 3.92. The smallest absolute Gasteiger partial charge is 0.242 e. The van der Waals surface area contributed by atoms with Gasteiger partial charge in [0, 0.05) is 20.6 Å². The average molecular weight is 305 g/mol. The third-order valence-corrected chi connectivity index (χ3v) is 4.66. The summed E-state index contributed by atoms with van der Waals surface area (Å²) in [6.45, 7) is 0.850. The van der Waals surface area contributed by atoms with Crippen molar-refractivity contribution in [1.82, 2.24) is 15.3 Å². The average Bonchev–Trinajstić information content (AvgIpc) is 3.01. The van der Waals surface area contributed by atoms with Crippen LogP contribution < -0.4 is 15.5 Å². The highest BCUT2D eigenvalue weighted by Crippen LogP contribution is 2.32. The van der Waals surface area contributed by atoms with E-state index in [4.69, 9.17) is 0 Å². The lowest BCUT2D eigenvalue weighted by molar-refractivity contribution is -0.122.